The molecule has 1 aromatic heterocycles. The molecule has 0 aliphatic carbocycles. The third kappa shape index (κ3) is 5.80. The monoisotopic (exact) mass is 434 g/mol. The van der Waals surface area contributed by atoms with Gasteiger partial charge in [0.15, 0.2) is 0 Å². The van der Waals surface area contributed by atoms with Crippen molar-refractivity contribution < 1.29 is 18.9 Å². The van der Waals surface area contributed by atoms with Crippen molar-refractivity contribution in [1.29, 1.82) is 0 Å². The van der Waals surface area contributed by atoms with Crippen LogP contribution in [0.2, 0.25) is 0 Å². The van der Waals surface area contributed by atoms with Gasteiger partial charge in [-0.15, -0.1) is 0 Å². The maximum atomic E-state index is 5.72. The van der Waals surface area contributed by atoms with Crippen LogP contribution in [0.1, 0.15) is 18.1 Å². The molecule has 0 aliphatic heterocycles. The molecule has 0 bridgehead atoms. The van der Waals surface area contributed by atoms with Crippen molar-refractivity contribution in [2.75, 3.05) is 34.0 Å². The van der Waals surface area contributed by atoms with Gasteiger partial charge in [0, 0.05) is 31.6 Å². The molecule has 0 N–H and O–H groups in total. The van der Waals surface area contributed by atoms with Gasteiger partial charge in [0.1, 0.15) is 29.7 Å². The van der Waals surface area contributed by atoms with E-state index in [1.165, 1.54) is 0 Å². The molecule has 0 saturated heterocycles. The highest BCUT2D eigenvalue weighted by Crippen LogP contribution is 2.37. The Kier molecular flexibility index (Phi) is 8.52. The zero-order valence-electron chi connectivity index (χ0n) is 18.9. The van der Waals surface area contributed by atoms with Crippen LogP contribution < -0.4 is 14.2 Å². The van der Waals surface area contributed by atoms with Crippen molar-refractivity contribution in [3.8, 4) is 28.6 Å². The lowest BCUT2D eigenvalue weighted by Gasteiger charge is -2.15. The first-order valence-electron chi connectivity index (χ1n) is 10.6. The second-order valence-corrected chi connectivity index (χ2v) is 6.94. The highest BCUT2D eigenvalue weighted by Gasteiger charge is 2.17. The van der Waals surface area contributed by atoms with E-state index in [4.69, 9.17) is 18.9 Å². The minimum Gasteiger partial charge on any atom is -0.497 e. The number of aromatic nitrogens is 2. The topological polar surface area (TPSA) is 54.7 Å². The van der Waals surface area contributed by atoms with Gasteiger partial charge in [-0.25, -0.2) is 4.98 Å². The predicted octanol–water partition coefficient (Wildman–Crippen LogP) is 5.34. The molecule has 0 atom stereocenters. The fourth-order valence-corrected chi connectivity index (χ4v) is 3.30. The van der Waals surface area contributed by atoms with Gasteiger partial charge < -0.3 is 23.5 Å². The van der Waals surface area contributed by atoms with Crippen molar-refractivity contribution in [2.45, 2.75) is 13.5 Å². The lowest BCUT2D eigenvalue weighted by atomic mass is 10.0. The van der Waals surface area contributed by atoms with Crippen molar-refractivity contribution in [3.05, 3.63) is 72.6 Å². The molecule has 0 saturated carbocycles. The Bertz CT molecular complexity index is 1040. The number of imidazole rings is 1. The van der Waals surface area contributed by atoms with Gasteiger partial charge >= 0.3 is 0 Å². The Labute approximate surface area is 189 Å². The SMILES string of the molecule is C=CCOc1ccc(C=Cc2cc(OC)cc(OC)c2-c2nccn2CCOCC)cc1. The van der Waals surface area contributed by atoms with Crippen molar-refractivity contribution in [2.24, 2.45) is 0 Å². The molecule has 0 radical (unpaired) electrons. The first-order chi connectivity index (χ1) is 15.7. The van der Waals surface area contributed by atoms with Crippen LogP contribution in [0.5, 0.6) is 17.2 Å². The summed E-state index contributed by atoms with van der Waals surface area (Å²) in [6, 6.07) is 11.8. The Morgan fingerprint density at radius 1 is 1.03 bits per heavy atom. The van der Waals surface area contributed by atoms with E-state index in [9.17, 15) is 0 Å². The van der Waals surface area contributed by atoms with Gasteiger partial charge in [-0.3, -0.25) is 0 Å². The molecule has 0 fully saturated rings. The third-order valence-corrected chi connectivity index (χ3v) is 4.88. The molecule has 3 rings (SSSR count). The van der Waals surface area contributed by atoms with Gasteiger partial charge in [0.05, 0.1) is 26.4 Å². The summed E-state index contributed by atoms with van der Waals surface area (Å²) >= 11 is 0. The van der Waals surface area contributed by atoms with E-state index in [0.717, 1.165) is 28.3 Å². The molecule has 6 heteroatoms. The van der Waals surface area contributed by atoms with Crippen molar-refractivity contribution >= 4 is 12.2 Å². The van der Waals surface area contributed by atoms with Crippen LogP contribution in [0.15, 0.2) is 61.4 Å². The number of hydrogen-bond acceptors (Lipinski definition) is 5. The smallest absolute Gasteiger partial charge is 0.144 e. The number of nitrogens with zero attached hydrogens (tertiary/aromatic N) is 2. The Morgan fingerprint density at radius 3 is 2.53 bits per heavy atom. The largest absolute Gasteiger partial charge is 0.497 e. The van der Waals surface area contributed by atoms with E-state index in [0.29, 0.717) is 37.9 Å². The molecular formula is C26H30N2O4. The molecule has 3 aromatic rings. The van der Waals surface area contributed by atoms with E-state index in [1.807, 2.05) is 61.7 Å². The lowest BCUT2D eigenvalue weighted by Crippen LogP contribution is -2.07. The van der Waals surface area contributed by atoms with Crippen LogP contribution in [-0.4, -0.2) is 43.6 Å². The minimum absolute atomic E-state index is 0.484. The van der Waals surface area contributed by atoms with Crippen LogP contribution in [0.4, 0.5) is 0 Å². The Morgan fingerprint density at radius 2 is 1.84 bits per heavy atom. The lowest BCUT2D eigenvalue weighted by molar-refractivity contribution is 0.139. The first-order valence-corrected chi connectivity index (χ1v) is 10.6. The summed E-state index contributed by atoms with van der Waals surface area (Å²) in [6.45, 7) is 8.14. The number of rotatable bonds is 12. The fourth-order valence-electron chi connectivity index (χ4n) is 3.30. The second kappa shape index (κ2) is 11.8. The Hall–Kier alpha value is -3.51. The van der Waals surface area contributed by atoms with Gasteiger partial charge in [0.25, 0.3) is 0 Å². The standard InChI is InChI=1S/C26H30N2O4/c1-5-16-32-22-11-8-20(9-12-22)7-10-21-18-23(29-3)19-24(30-4)25(21)26-27-13-14-28(26)15-17-31-6-2/h5,7-14,18-19H,1,6,15-17H2,2-4H3. The van der Waals surface area contributed by atoms with Gasteiger partial charge in [-0.05, 0) is 36.2 Å². The zero-order valence-corrected chi connectivity index (χ0v) is 18.9. The zero-order chi connectivity index (χ0) is 22.8. The number of benzene rings is 2. The normalized spacial score (nSPS) is 11.0. The molecule has 0 amide bonds. The second-order valence-electron chi connectivity index (χ2n) is 6.94. The van der Waals surface area contributed by atoms with Gasteiger partial charge in [0.2, 0.25) is 0 Å². The molecule has 2 aromatic carbocycles. The summed E-state index contributed by atoms with van der Waals surface area (Å²) in [4.78, 5) is 4.61. The third-order valence-electron chi connectivity index (χ3n) is 4.88. The van der Waals surface area contributed by atoms with Crippen LogP contribution >= 0.6 is 0 Å². The van der Waals surface area contributed by atoms with E-state index in [-0.39, 0.29) is 0 Å². The van der Waals surface area contributed by atoms with Crippen LogP contribution in [-0.2, 0) is 11.3 Å². The predicted molar refractivity (Wildman–Crippen MR) is 128 cm³/mol. The van der Waals surface area contributed by atoms with E-state index >= 15 is 0 Å². The number of methoxy groups -OCH3 is 2. The minimum atomic E-state index is 0.484. The molecule has 1 heterocycles. The maximum absolute atomic E-state index is 5.72. The average molecular weight is 435 g/mol. The number of hydrogen-bond donors (Lipinski definition) is 0. The fraction of sp³-hybridized carbons (Fsp3) is 0.269. The highest BCUT2D eigenvalue weighted by atomic mass is 16.5. The maximum Gasteiger partial charge on any atom is 0.144 e. The number of ether oxygens (including phenoxy) is 4. The van der Waals surface area contributed by atoms with E-state index in [1.54, 1.807) is 26.5 Å². The Balaban J connectivity index is 1.97. The van der Waals surface area contributed by atoms with Crippen molar-refractivity contribution in [1.82, 2.24) is 9.55 Å². The van der Waals surface area contributed by atoms with Gasteiger partial charge in [-0.2, -0.15) is 0 Å². The van der Waals surface area contributed by atoms with Crippen molar-refractivity contribution in [3.63, 3.8) is 0 Å². The van der Waals surface area contributed by atoms with E-state index in [2.05, 4.69) is 16.1 Å². The van der Waals surface area contributed by atoms with Crippen LogP contribution in [0, 0.1) is 0 Å². The summed E-state index contributed by atoms with van der Waals surface area (Å²) in [5, 5.41) is 0. The molecule has 168 valence electrons. The first kappa shape index (κ1) is 23.2. The van der Waals surface area contributed by atoms with E-state index < -0.39 is 0 Å². The average Bonchev–Trinajstić information content (AvgIpc) is 3.29. The molecule has 6 nitrogen and oxygen atoms in total. The molecule has 0 aliphatic rings. The summed E-state index contributed by atoms with van der Waals surface area (Å²) in [5.74, 6) is 3.03. The molecule has 0 spiro atoms. The summed E-state index contributed by atoms with van der Waals surface area (Å²) in [7, 11) is 3.30. The molecule has 0 unspecified atom stereocenters. The van der Waals surface area contributed by atoms with Crippen LogP contribution in [0.25, 0.3) is 23.5 Å². The van der Waals surface area contributed by atoms with Crippen LogP contribution in [0.3, 0.4) is 0 Å². The quantitative estimate of drug-likeness (QED) is 0.219. The summed E-state index contributed by atoms with van der Waals surface area (Å²) in [5.41, 5.74) is 2.89. The molecule has 32 heavy (non-hydrogen) atoms. The summed E-state index contributed by atoms with van der Waals surface area (Å²) in [6.07, 6.45) is 9.56. The summed E-state index contributed by atoms with van der Waals surface area (Å²) < 4.78 is 24.4. The molecular weight excluding hydrogens is 404 g/mol. The van der Waals surface area contributed by atoms with Gasteiger partial charge in [-0.1, -0.05) is 36.9 Å². The highest BCUT2D eigenvalue weighted by molar-refractivity contribution is 5.83.